The molecule has 0 radical (unpaired) electrons. The van der Waals surface area contributed by atoms with Crippen molar-refractivity contribution >= 4 is 17.8 Å². The number of nitrogens with one attached hydrogen (secondary N) is 1. The highest BCUT2D eigenvalue weighted by Gasteiger charge is 2.31. The van der Waals surface area contributed by atoms with E-state index in [0.717, 1.165) is 31.9 Å². The summed E-state index contributed by atoms with van der Waals surface area (Å²) >= 11 is 0. The number of carbonyl (C=O) groups excluding carboxylic acids is 2. The van der Waals surface area contributed by atoms with Crippen LogP contribution in [-0.4, -0.2) is 59.4 Å². The Labute approximate surface area is 123 Å². The Morgan fingerprint density at radius 2 is 1.90 bits per heavy atom. The van der Waals surface area contributed by atoms with Crippen molar-refractivity contribution in [2.75, 3.05) is 37.6 Å². The average molecular weight is 289 g/mol. The molecule has 0 saturated carbocycles. The topological polar surface area (TPSA) is 78.4 Å². The van der Waals surface area contributed by atoms with Gasteiger partial charge in [0, 0.05) is 44.5 Å². The van der Waals surface area contributed by atoms with E-state index >= 15 is 0 Å². The number of hydrogen-bond acceptors (Lipinski definition) is 5. The number of rotatable bonds is 2. The third-order valence-corrected chi connectivity index (χ3v) is 4.03. The van der Waals surface area contributed by atoms with Gasteiger partial charge in [-0.05, 0) is 18.9 Å². The summed E-state index contributed by atoms with van der Waals surface area (Å²) in [5.41, 5.74) is 0. The Morgan fingerprint density at radius 3 is 2.57 bits per heavy atom. The number of anilines is 1. The zero-order valence-corrected chi connectivity index (χ0v) is 11.9. The first kappa shape index (κ1) is 13.8. The first-order chi connectivity index (χ1) is 10.2. The number of aromatic nitrogens is 2. The first-order valence-electron chi connectivity index (χ1n) is 7.31. The van der Waals surface area contributed by atoms with Crippen molar-refractivity contribution in [2.24, 2.45) is 5.92 Å². The fourth-order valence-corrected chi connectivity index (χ4v) is 2.87. The van der Waals surface area contributed by atoms with Gasteiger partial charge < -0.3 is 15.1 Å². The fourth-order valence-electron chi connectivity index (χ4n) is 2.87. The van der Waals surface area contributed by atoms with E-state index in [4.69, 9.17) is 0 Å². The molecule has 2 aliphatic rings. The van der Waals surface area contributed by atoms with Crippen LogP contribution >= 0.6 is 0 Å². The molecular weight excluding hydrogens is 270 g/mol. The van der Waals surface area contributed by atoms with Crippen LogP contribution in [0.5, 0.6) is 0 Å². The molecule has 21 heavy (non-hydrogen) atoms. The lowest BCUT2D eigenvalue weighted by Gasteiger charge is -2.35. The summed E-state index contributed by atoms with van der Waals surface area (Å²) in [7, 11) is 0. The van der Waals surface area contributed by atoms with E-state index in [1.165, 1.54) is 0 Å². The standard InChI is InChI=1S/C14H19N5O2/c20-12-10-19(9-6-15-12)13(21)11-2-7-18(8-3-11)14-16-4-1-5-17-14/h1,4-5,11H,2-3,6-10H2,(H,15,20). The molecule has 2 fully saturated rings. The van der Waals surface area contributed by atoms with Crippen LogP contribution in [0.25, 0.3) is 0 Å². The molecule has 0 aliphatic carbocycles. The lowest BCUT2D eigenvalue weighted by atomic mass is 9.95. The molecule has 1 N–H and O–H groups in total. The lowest BCUT2D eigenvalue weighted by molar-refractivity contribution is -0.141. The van der Waals surface area contributed by atoms with Crippen LogP contribution < -0.4 is 10.2 Å². The van der Waals surface area contributed by atoms with Gasteiger partial charge in [-0.2, -0.15) is 0 Å². The van der Waals surface area contributed by atoms with Crippen LogP contribution in [0.1, 0.15) is 12.8 Å². The highest BCUT2D eigenvalue weighted by molar-refractivity contribution is 5.87. The summed E-state index contributed by atoms with van der Waals surface area (Å²) in [5, 5.41) is 2.74. The molecule has 2 saturated heterocycles. The Kier molecular flexibility index (Phi) is 3.98. The molecular formula is C14H19N5O2. The lowest BCUT2D eigenvalue weighted by Crippen LogP contribution is -2.52. The van der Waals surface area contributed by atoms with Crippen molar-refractivity contribution in [3.8, 4) is 0 Å². The van der Waals surface area contributed by atoms with Crippen molar-refractivity contribution in [2.45, 2.75) is 12.8 Å². The minimum absolute atomic E-state index is 0.0101. The van der Waals surface area contributed by atoms with Gasteiger partial charge in [-0.1, -0.05) is 0 Å². The van der Waals surface area contributed by atoms with Gasteiger partial charge in [-0.15, -0.1) is 0 Å². The predicted molar refractivity (Wildman–Crippen MR) is 76.6 cm³/mol. The van der Waals surface area contributed by atoms with Gasteiger partial charge in [0.2, 0.25) is 17.8 Å². The van der Waals surface area contributed by atoms with E-state index in [0.29, 0.717) is 13.1 Å². The largest absolute Gasteiger partial charge is 0.353 e. The van der Waals surface area contributed by atoms with Crippen LogP contribution in [0.4, 0.5) is 5.95 Å². The molecule has 7 heteroatoms. The number of amides is 2. The number of piperazine rings is 1. The van der Waals surface area contributed by atoms with Gasteiger partial charge >= 0.3 is 0 Å². The molecule has 7 nitrogen and oxygen atoms in total. The minimum atomic E-state index is -0.0651. The molecule has 0 unspecified atom stereocenters. The molecule has 2 amide bonds. The smallest absolute Gasteiger partial charge is 0.239 e. The maximum absolute atomic E-state index is 12.4. The zero-order valence-electron chi connectivity index (χ0n) is 11.9. The fraction of sp³-hybridized carbons (Fsp3) is 0.571. The number of hydrogen-bond donors (Lipinski definition) is 1. The van der Waals surface area contributed by atoms with Crippen LogP contribution in [0.3, 0.4) is 0 Å². The van der Waals surface area contributed by atoms with Crippen molar-refractivity contribution in [1.82, 2.24) is 20.2 Å². The van der Waals surface area contributed by atoms with Crippen LogP contribution in [-0.2, 0) is 9.59 Å². The van der Waals surface area contributed by atoms with E-state index in [2.05, 4.69) is 20.2 Å². The summed E-state index contributed by atoms with van der Waals surface area (Å²) < 4.78 is 0. The summed E-state index contributed by atoms with van der Waals surface area (Å²) in [5.74, 6) is 0.778. The third kappa shape index (κ3) is 3.12. The van der Waals surface area contributed by atoms with E-state index in [1.54, 1.807) is 23.4 Å². The number of piperidine rings is 1. The molecule has 3 heterocycles. The van der Waals surface area contributed by atoms with E-state index in [9.17, 15) is 9.59 Å². The van der Waals surface area contributed by atoms with Gasteiger partial charge in [-0.25, -0.2) is 9.97 Å². The Balaban J connectivity index is 1.55. The zero-order chi connectivity index (χ0) is 14.7. The van der Waals surface area contributed by atoms with Gasteiger partial charge in [0.05, 0.1) is 6.54 Å². The SMILES string of the molecule is O=C1CN(C(=O)C2CCN(c3ncccn3)CC2)CCN1. The molecule has 0 atom stereocenters. The van der Waals surface area contributed by atoms with Crippen molar-refractivity contribution in [1.29, 1.82) is 0 Å². The second kappa shape index (κ2) is 6.07. The minimum Gasteiger partial charge on any atom is -0.353 e. The van der Waals surface area contributed by atoms with Crippen molar-refractivity contribution in [3.63, 3.8) is 0 Å². The molecule has 2 aliphatic heterocycles. The molecule has 0 aromatic carbocycles. The average Bonchev–Trinajstić information content (AvgIpc) is 2.55. The maximum Gasteiger partial charge on any atom is 0.239 e. The molecule has 1 aromatic heterocycles. The predicted octanol–water partition coefficient (Wildman–Crippen LogP) is -0.349. The maximum atomic E-state index is 12.4. The normalized spacial score (nSPS) is 20.3. The molecule has 1 aromatic rings. The Morgan fingerprint density at radius 1 is 1.19 bits per heavy atom. The van der Waals surface area contributed by atoms with Crippen LogP contribution in [0.2, 0.25) is 0 Å². The van der Waals surface area contributed by atoms with Crippen LogP contribution in [0, 0.1) is 5.92 Å². The summed E-state index contributed by atoms with van der Waals surface area (Å²) in [4.78, 5) is 36.1. The summed E-state index contributed by atoms with van der Waals surface area (Å²) in [6.07, 6.45) is 5.03. The quantitative estimate of drug-likeness (QED) is 0.805. The third-order valence-electron chi connectivity index (χ3n) is 4.03. The van der Waals surface area contributed by atoms with Gasteiger partial charge in [0.15, 0.2) is 0 Å². The number of nitrogens with zero attached hydrogens (tertiary/aromatic N) is 4. The summed E-state index contributed by atoms with van der Waals surface area (Å²) in [6, 6.07) is 1.79. The Hall–Kier alpha value is -2.18. The van der Waals surface area contributed by atoms with Gasteiger partial charge in [-0.3, -0.25) is 9.59 Å². The second-order valence-electron chi connectivity index (χ2n) is 5.42. The van der Waals surface area contributed by atoms with Gasteiger partial charge in [0.1, 0.15) is 0 Å². The Bertz CT molecular complexity index is 513. The number of carbonyl (C=O) groups is 2. The second-order valence-corrected chi connectivity index (χ2v) is 5.42. The molecule has 3 rings (SSSR count). The van der Waals surface area contributed by atoms with E-state index in [1.807, 2.05) is 0 Å². The first-order valence-corrected chi connectivity index (χ1v) is 7.31. The molecule has 0 spiro atoms. The van der Waals surface area contributed by atoms with Crippen LogP contribution in [0.15, 0.2) is 18.5 Å². The highest BCUT2D eigenvalue weighted by atomic mass is 16.2. The van der Waals surface area contributed by atoms with Gasteiger partial charge in [0.25, 0.3) is 0 Å². The molecule has 0 bridgehead atoms. The van der Waals surface area contributed by atoms with Crippen molar-refractivity contribution in [3.05, 3.63) is 18.5 Å². The van der Waals surface area contributed by atoms with E-state index < -0.39 is 0 Å². The highest BCUT2D eigenvalue weighted by Crippen LogP contribution is 2.22. The summed E-state index contributed by atoms with van der Waals surface area (Å²) in [6.45, 7) is 2.93. The van der Waals surface area contributed by atoms with Crippen molar-refractivity contribution < 1.29 is 9.59 Å². The van der Waals surface area contributed by atoms with E-state index in [-0.39, 0.29) is 24.3 Å². The monoisotopic (exact) mass is 289 g/mol. The molecule has 112 valence electrons.